The Morgan fingerprint density at radius 3 is 2.50 bits per heavy atom. The molecule has 3 heterocycles. The van der Waals surface area contributed by atoms with Crippen LogP contribution in [0.15, 0.2) is 45.3 Å². The van der Waals surface area contributed by atoms with Gasteiger partial charge in [0.1, 0.15) is 23.5 Å². The van der Waals surface area contributed by atoms with Crippen LogP contribution in [-0.4, -0.2) is 29.4 Å². The van der Waals surface area contributed by atoms with E-state index < -0.39 is 34.1 Å². The number of hydrogen-bond acceptors (Lipinski definition) is 7. The van der Waals surface area contributed by atoms with Crippen LogP contribution in [0, 0.1) is 28.8 Å². The van der Waals surface area contributed by atoms with Crippen LogP contribution in [-0.2, 0) is 5.75 Å². The lowest BCUT2D eigenvalue weighted by Crippen LogP contribution is -2.26. The van der Waals surface area contributed by atoms with Crippen LogP contribution in [0.5, 0.6) is 0 Å². The van der Waals surface area contributed by atoms with Gasteiger partial charge in [0.2, 0.25) is 0 Å². The highest BCUT2D eigenvalue weighted by atomic mass is 32.2. The average Bonchev–Trinajstić information content (AvgIpc) is 3.12. The third-order valence-electron chi connectivity index (χ3n) is 3.94. The van der Waals surface area contributed by atoms with Gasteiger partial charge in [-0.15, -0.1) is 14.8 Å². The molecule has 1 aromatic carbocycles. The highest BCUT2D eigenvalue weighted by molar-refractivity contribution is 7.98. The number of thioether (sulfide) groups is 1. The van der Waals surface area contributed by atoms with E-state index in [0.717, 1.165) is 33.4 Å². The molecule has 0 bridgehead atoms. The first-order chi connectivity index (χ1) is 14.4. The summed E-state index contributed by atoms with van der Waals surface area (Å²) in [5.74, 6) is -3.61. The molecule has 0 atom stereocenters. The molecule has 0 unspecified atom stereocenters. The number of nitrogens with one attached hydrogen (secondary N) is 1. The first kappa shape index (κ1) is 19.4. The highest BCUT2D eigenvalue weighted by Gasteiger charge is 2.19. The van der Waals surface area contributed by atoms with Crippen molar-refractivity contribution in [3.8, 4) is 11.9 Å². The topological polar surface area (TPSA) is 122 Å². The molecule has 0 radical (unpaired) electrons. The minimum Gasteiger partial charge on any atom is -0.324 e. The molecule has 4 rings (SSSR count). The molecule has 0 saturated heterocycles. The van der Waals surface area contributed by atoms with Crippen LogP contribution >= 0.6 is 11.8 Å². The molecule has 0 aliphatic heterocycles. The molecular weight excluding hydrogens is 423 g/mol. The van der Waals surface area contributed by atoms with E-state index in [-0.39, 0.29) is 27.9 Å². The van der Waals surface area contributed by atoms with E-state index in [0.29, 0.717) is 12.1 Å². The van der Waals surface area contributed by atoms with E-state index in [1.807, 2.05) is 0 Å². The van der Waals surface area contributed by atoms with Crippen molar-refractivity contribution in [3.63, 3.8) is 0 Å². The zero-order valence-corrected chi connectivity index (χ0v) is 15.5. The van der Waals surface area contributed by atoms with Crippen molar-refractivity contribution in [3.05, 3.63) is 80.0 Å². The molecule has 0 fully saturated rings. The summed E-state index contributed by atoms with van der Waals surface area (Å²) in [5, 5.41) is 16.9. The monoisotopic (exact) mass is 431 g/mol. The molecule has 0 saturated carbocycles. The van der Waals surface area contributed by atoms with Gasteiger partial charge in [0.05, 0.1) is 6.20 Å². The Balaban J connectivity index is 1.86. The first-order valence-electron chi connectivity index (χ1n) is 8.12. The first-order valence-corrected chi connectivity index (χ1v) is 9.10. The SMILES string of the molecule is N#Cc1cc2c(=O)n(-c3c[nH]c(=O)cn3)c(SCc3c(F)cc(F)cc3F)nn2n1. The zero-order valence-electron chi connectivity index (χ0n) is 14.6. The maximum atomic E-state index is 14.0. The number of benzene rings is 1. The Kier molecular flexibility index (Phi) is 4.84. The van der Waals surface area contributed by atoms with Crippen LogP contribution < -0.4 is 11.1 Å². The molecular formula is C17H8F3N7O2S. The quantitative estimate of drug-likeness (QED) is 0.487. The van der Waals surface area contributed by atoms with Gasteiger partial charge in [-0.05, 0) is 0 Å². The minimum atomic E-state index is -1.09. The largest absolute Gasteiger partial charge is 0.324 e. The number of nitriles is 1. The van der Waals surface area contributed by atoms with Gasteiger partial charge in [-0.2, -0.15) is 5.26 Å². The van der Waals surface area contributed by atoms with E-state index in [1.165, 1.54) is 6.07 Å². The number of aromatic amines is 1. The molecule has 30 heavy (non-hydrogen) atoms. The molecule has 9 nitrogen and oxygen atoms in total. The van der Waals surface area contributed by atoms with Crippen LogP contribution in [0.4, 0.5) is 13.2 Å². The summed E-state index contributed by atoms with van der Waals surface area (Å²) in [5.41, 5.74) is -1.74. The summed E-state index contributed by atoms with van der Waals surface area (Å²) in [4.78, 5) is 30.5. The van der Waals surface area contributed by atoms with Gasteiger partial charge < -0.3 is 4.98 Å². The van der Waals surface area contributed by atoms with E-state index in [2.05, 4.69) is 20.2 Å². The van der Waals surface area contributed by atoms with Crippen molar-refractivity contribution in [2.45, 2.75) is 10.9 Å². The van der Waals surface area contributed by atoms with Crippen LogP contribution in [0.1, 0.15) is 11.3 Å². The number of fused-ring (bicyclic) bond motifs is 1. The summed E-state index contributed by atoms with van der Waals surface area (Å²) in [7, 11) is 0. The summed E-state index contributed by atoms with van der Waals surface area (Å²) >= 11 is 0.753. The van der Waals surface area contributed by atoms with Gasteiger partial charge in [-0.1, -0.05) is 11.8 Å². The molecule has 4 aromatic rings. The minimum absolute atomic E-state index is 0.0168. The highest BCUT2D eigenvalue weighted by Crippen LogP contribution is 2.25. The van der Waals surface area contributed by atoms with Crippen molar-refractivity contribution in [1.82, 2.24) is 29.4 Å². The van der Waals surface area contributed by atoms with Crippen molar-refractivity contribution in [2.75, 3.05) is 0 Å². The van der Waals surface area contributed by atoms with Crippen molar-refractivity contribution in [1.29, 1.82) is 5.26 Å². The van der Waals surface area contributed by atoms with Crippen LogP contribution in [0.2, 0.25) is 0 Å². The zero-order chi connectivity index (χ0) is 21.4. The van der Waals surface area contributed by atoms with Crippen molar-refractivity contribution < 1.29 is 13.2 Å². The van der Waals surface area contributed by atoms with Crippen molar-refractivity contribution >= 4 is 17.3 Å². The Hall–Kier alpha value is -3.92. The third-order valence-corrected chi connectivity index (χ3v) is 4.89. The molecule has 1 N–H and O–H groups in total. The van der Waals surface area contributed by atoms with Gasteiger partial charge in [0.15, 0.2) is 22.2 Å². The smallest absolute Gasteiger partial charge is 0.286 e. The lowest BCUT2D eigenvalue weighted by atomic mass is 10.2. The molecule has 13 heteroatoms. The number of rotatable bonds is 4. The summed E-state index contributed by atoms with van der Waals surface area (Å²) in [6.45, 7) is 0. The standard InChI is InChI=1S/C17H8F3N7O2S/c18-8-1-11(19)10(12(20)2-8)7-30-17-25-27-13(3-9(4-21)24-27)16(29)26(17)14-5-23-15(28)6-22-14/h1-3,5-6H,7H2,(H,23,28). The fourth-order valence-electron chi connectivity index (χ4n) is 2.58. The lowest BCUT2D eigenvalue weighted by molar-refractivity contribution is 0.531. The number of nitrogens with zero attached hydrogens (tertiary/aromatic N) is 6. The summed E-state index contributed by atoms with van der Waals surface area (Å²) in [6.07, 6.45) is 2.10. The van der Waals surface area contributed by atoms with Crippen LogP contribution in [0.25, 0.3) is 11.3 Å². The summed E-state index contributed by atoms with van der Waals surface area (Å²) in [6, 6.07) is 4.08. The Morgan fingerprint density at radius 2 is 1.87 bits per heavy atom. The molecule has 0 aliphatic rings. The molecule has 3 aromatic heterocycles. The van der Waals surface area contributed by atoms with E-state index >= 15 is 0 Å². The van der Waals surface area contributed by atoms with Crippen LogP contribution in [0.3, 0.4) is 0 Å². The number of H-pyrrole nitrogens is 1. The molecule has 0 aliphatic carbocycles. The van der Waals surface area contributed by atoms with Gasteiger partial charge >= 0.3 is 0 Å². The maximum absolute atomic E-state index is 14.0. The predicted molar refractivity (Wildman–Crippen MR) is 97.6 cm³/mol. The predicted octanol–water partition coefficient (Wildman–Crippen LogP) is 1.54. The molecule has 0 spiro atoms. The normalized spacial score (nSPS) is 11.0. The van der Waals surface area contributed by atoms with E-state index in [4.69, 9.17) is 5.26 Å². The second-order valence-corrected chi connectivity index (χ2v) is 6.79. The Labute approximate surface area is 168 Å². The van der Waals surface area contributed by atoms with Gasteiger partial charge in [-0.3, -0.25) is 9.59 Å². The van der Waals surface area contributed by atoms with E-state index in [9.17, 15) is 22.8 Å². The fraction of sp³-hybridized carbons (Fsp3) is 0.0588. The number of halogens is 3. The third kappa shape index (κ3) is 3.44. The van der Waals surface area contributed by atoms with Gasteiger partial charge in [-0.25, -0.2) is 22.7 Å². The second kappa shape index (κ2) is 7.48. The molecule has 150 valence electrons. The summed E-state index contributed by atoms with van der Waals surface area (Å²) < 4.78 is 43.0. The number of hydrogen-bond donors (Lipinski definition) is 1. The lowest BCUT2D eigenvalue weighted by Gasteiger charge is -2.11. The van der Waals surface area contributed by atoms with Gasteiger partial charge in [0.25, 0.3) is 11.1 Å². The Bertz CT molecular complexity index is 1410. The Morgan fingerprint density at radius 1 is 1.13 bits per heavy atom. The van der Waals surface area contributed by atoms with Gasteiger partial charge in [0, 0.05) is 35.7 Å². The maximum Gasteiger partial charge on any atom is 0.286 e. The molecule has 0 amide bonds. The average molecular weight is 431 g/mol. The van der Waals surface area contributed by atoms with Crippen molar-refractivity contribution in [2.24, 2.45) is 0 Å². The van der Waals surface area contributed by atoms with E-state index in [1.54, 1.807) is 6.07 Å². The fourth-order valence-corrected chi connectivity index (χ4v) is 3.57. The number of aromatic nitrogens is 6. The second-order valence-electron chi connectivity index (χ2n) is 5.85.